The summed E-state index contributed by atoms with van der Waals surface area (Å²) in [5, 5.41) is 3.68. The number of hydrogen-bond donors (Lipinski definition) is 1. The number of piperidine rings is 1. The Morgan fingerprint density at radius 2 is 1.96 bits per heavy atom. The van der Waals surface area contributed by atoms with E-state index >= 15 is 0 Å². The first-order chi connectivity index (χ1) is 10.8. The Hall–Kier alpha value is -1.55. The molecule has 1 amide bonds. The fourth-order valence-corrected chi connectivity index (χ4v) is 2.94. The summed E-state index contributed by atoms with van der Waals surface area (Å²) in [6, 6.07) is 11.0. The van der Waals surface area contributed by atoms with E-state index in [1.807, 2.05) is 31.7 Å². The SMILES string of the molecule is C[C@@H](N[C@@H]1CN(C(=O)OC(C)(C)C)CC[C@@H]1C)c1ccccc1. The molecular weight excluding hydrogens is 288 g/mol. The quantitative estimate of drug-likeness (QED) is 0.916. The summed E-state index contributed by atoms with van der Waals surface area (Å²) in [4.78, 5) is 14.1. The van der Waals surface area contributed by atoms with Crippen LogP contribution < -0.4 is 5.32 Å². The van der Waals surface area contributed by atoms with Gasteiger partial charge < -0.3 is 15.0 Å². The molecule has 1 aliphatic heterocycles. The maximum absolute atomic E-state index is 12.3. The van der Waals surface area contributed by atoms with Gasteiger partial charge in [0.1, 0.15) is 5.60 Å². The van der Waals surface area contributed by atoms with Crippen LogP contribution in [0, 0.1) is 5.92 Å². The highest BCUT2D eigenvalue weighted by atomic mass is 16.6. The molecule has 0 radical (unpaired) electrons. The zero-order valence-corrected chi connectivity index (χ0v) is 15.0. The second kappa shape index (κ2) is 7.35. The van der Waals surface area contributed by atoms with Crippen molar-refractivity contribution < 1.29 is 9.53 Å². The Bertz CT molecular complexity index is 510. The zero-order chi connectivity index (χ0) is 17.0. The fourth-order valence-electron chi connectivity index (χ4n) is 2.94. The van der Waals surface area contributed by atoms with Crippen molar-refractivity contribution >= 4 is 6.09 Å². The highest BCUT2D eigenvalue weighted by Crippen LogP contribution is 2.22. The molecule has 0 unspecified atom stereocenters. The van der Waals surface area contributed by atoms with E-state index in [9.17, 15) is 4.79 Å². The van der Waals surface area contributed by atoms with Crippen molar-refractivity contribution in [2.75, 3.05) is 13.1 Å². The fraction of sp³-hybridized carbons (Fsp3) is 0.632. The minimum absolute atomic E-state index is 0.205. The van der Waals surface area contributed by atoms with Gasteiger partial charge in [0, 0.05) is 25.2 Å². The molecule has 1 aromatic carbocycles. The van der Waals surface area contributed by atoms with Crippen molar-refractivity contribution in [1.29, 1.82) is 0 Å². The van der Waals surface area contributed by atoms with Gasteiger partial charge in [-0.05, 0) is 45.6 Å². The number of carbonyl (C=O) groups excluding carboxylic acids is 1. The molecule has 0 saturated carbocycles. The third-order valence-corrected chi connectivity index (χ3v) is 4.37. The number of benzene rings is 1. The lowest BCUT2D eigenvalue weighted by Gasteiger charge is -2.39. The molecule has 0 aliphatic carbocycles. The van der Waals surface area contributed by atoms with E-state index in [0.717, 1.165) is 13.0 Å². The molecule has 2 rings (SSSR count). The molecule has 1 saturated heterocycles. The van der Waals surface area contributed by atoms with Gasteiger partial charge in [-0.3, -0.25) is 0 Å². The van der Waals surface area contributed by atoms with Crippen LogP contribution in [-0.2, 0) is 4.74 Å². The molecule has 128 valence electrons. The summed E-state index contributed by atoms with van der Waals surface area (Å²) in [5.41, 5.74) is 0.828. The summed E-state index contributed by atoms with van der Waals surface area (Å²) in [6.07, 6.45) is 0.793. The molecule has 1 aromatic rings. The number of rotatable bonds is 3. The average Bonchev–Trinajstić information content (AvgIpc) is 2.48. The topological polar surface area (TPSA) is 41.6 Å². The minimum Gasteiger partial charge on any atom is -0.444 e. The van der Waals surface area contributed by atoms with Crippen molar-refractivity contribution in [2.24, 2.45) is 5.92 Å². The van der Waals surface area contributed by atoms with Crippen LogP contribution in [0.4, 0.5) is 4.79 Å². The molecule has 1 N–H and O–H groups in total. The van der Waals surface area contributed by atoms with E-state index < -0.39 is 5.60 Å². The van der Waals surface area contributed by atoms with Crippen molar-refractivity contribution in [1.82, 2.24) is 10.2 Å². The first kappa shape index (κ1) is 17.8. The van der Waals surface area contributed by atoms with Gasteiger partial charge in [0.2, 0.25) is 0 Å². The van der Waals surface area contributed by atoms with Crippen molar-refractivity contribution in [3.8, 4) is 0 Å². The molecule has 1 heterocycles. The van der Waals surface area contributed by atoms with Crippen LogP contribution >= 0.6 is 0 Å². The molecular formula is C19H30N2O2. The van der Waals surface area contributed by atoms with Crippen LogP contribution in [0.25, 0.3) is 0 Å². The first-order valence-corrected chi connectivity index (χ1v) is 8.55. The summed E-state index contributed by atoms with van der Waals surface area (Å²) >= 11 is 0. The second-order valence-corrected chi connectivity index (χ2v) is 7.60. The highest BCUT2D eigenvalue weighted by Gasteiger charge is 2.32. The normalized spacial score (nSPS) is 23.4. The largest absolute Gasteiger partial charge is 0.444 e. The van der Waals surface area contributed by atoms with Crippen LogP contribution in [0.5, 0.6) is 0 Å². The van der Waals surface area contributed by atoms with E-state index in [2.05, 4.69) is 43.4 Å². The number of nitrogens with zero attached hydrogens (tertiary/aromatic N) is 1. The maximum atomic E-state index is 12.3. The number of amides is 1. The van der Waals surface area contributed by atoms with E-state index in [4.69, 9.17) is 4.74 Å². The summed E-state index contributed by atoms with van der Waals surface area (Å²) in [6.45, 7) is 11.6. The van der Waals surface area contributed by atoms with E-state index in [1.54, 1.807) is 0 Å². The van der Waals surface area contributed by atoms with Gasteiger partial charge in [-0.2, -0.15) is 0 Å². The van der Waals surface area contributed by atoms with Gasteiger partial charge in [0.15, 0.2) is 0 Å². The molecule has 4 nitrogen and oxygen atoms in total. The zero-order valence-electron chi connectivity index (χ0n) is 15.0. The molecule has 1 fully saturated rings. The number of nitrogens with one attached hydrogen (secondary N) is 1. The summed E-state index contributed by atoms with van der Waals surface area (Å²) in [5.74, 6) is 0.542. The van der Waals surface area contributed by atoms with Gasteiger partial charge >= 0.3 is 6.09 Å². The lowest BCUT2D eigenvalue weighted by atomic mass is 9.92. The number of carbonyl (C=O) groups is 1. The van der Waals surface area contributed by atoms with Crippen LogP contribution in [0.3, 0.4) is 0 Å². The Morgan fingerprint density at radius 3 is 2.57 bits per heavy atom. The number of ether oxygens (including phenoxy) is 1. The van der Waals surface area contributed by atoms with Gasteiger partial charge in [-0.15, -0.1) is 0 Å². The third-order valence-electron chi connectivity index (χ3n) is 4.37. The maximum Gasteiger partial charge on any atom is 0.410 e. The number of likely N-dealkylation sites (tertiary alicyclic amines) is 1. The highest BCUT2D eigenvalue weighted by molar-refractivity contribution is 5.68. The van der Waals surface area contributed by atoms with Crippen molar-refractivity contribution in [2.45, 2.75) is 58.7 Å². The molecule has 1 aliphatic rings. The van der Waals surface area contributed by atoms with Gasteiger partial charge in [0.05, 0.1) is 0 Å². The molecule has 23 heavy (non-hydrogen) atoms. The second-order valence-electron chi connectivity index (χ2n) is 7.60. The van der Waals surface area contributed by atoms with Crippen molar-refractivity contribution in [3.05, 3.63) is 35.9 Å². The lowest BCUT2D eigenvalue weighted by molar-refractivity contribution is 0.0142. The first-order valence-electron chi connectivity index (χ1n) is 8.55. The standard InChI is InChI=1S/C19H30N2O2/c1-14-11-12-21(18(22)23-19(3,4)5)13-17(14)20-15(2)16-9-7-6-8-10-16/h6-10,14-15,17,20H,11-13H2,1-5H3/t14-,15+,17+/m0/s1. The Balaban J connectivity index is 1.97. The van der Waals surface area contributed by atoms with Gasteiger partial charge in [-0.1, -0.05) is 37.3 Å². The van der Waals surface area contributed by atoms with E-state index in [1.165, 1.54) is 5.56 Å². The predicted octanol–water partition coefficient (Wildman–Crippen LogP) is 3.98. The average molecular weight is 318 g/mol. The van der Waals surface area contributed by atoms with Gasteiger partial charge in [0.25, 0.3) is 0 Å². The van der Waals surface area contributed by atoms with Crippen molar-refractivity contribution in [3.63, 3.8) is 0 Å². The third kappa shape index (κ3) is 5.24. The Kier molecular flexibility index (Phi) is 5.69. The summed E-state index contributed by atoms with van der Waals surface area (Å²) < 4.78 is 5.51. The molecule has 3 atom stereocenters. The smallest absolute Gasteiger partial charge is 0.410 e. The van der Waals surface area contributed by atoms with Gasteiger partial charge in [-0.25, -0.2) is 4.79 Å². The van der Waals surface area contributed by atoms with Crippen LogP contribution in [0.1, 0.15) is 52.6 Å². The number of hydrogen-bond acceptors (Lipinski definition) is 3. The minimum atomic E-state index is -0.444. The lowest BCUT2D eigenvalue weighted by Crippen LogP contribution is -2.53. The van der Waals surface area contributed by atoms with E-state index in [0.29, 0.717) is 12.5 Å². The Labute approximate surface area is 140 Å². The van der Waals surface area contributed by atoms with Crippen LogP contribution in [0.2, 0.25) is 0 Å². The predicted molar refractivity (Wildman–Crippen MR) is 93.4 cm³/mol. The molecule has 0 spiro atoms. The molecule has 0 aromatic heterocycles. The monoisotopic (exact) mass is 318 g/mol. The van der Waals surface area contributed by atoms with Crippen LogP contribution in [-0.4, -0.2) is 35.7 Å². The summed E-state index contributed by atoms with van der Waals surface area (Å²) in [7, 11) is 0. The molecule has 0 bridgehead atoms. The Morgan fingerprint density at radius 1 is 1.30 bits per heavy atom. The van der Waals surface area contributed by atoms with E-state index in [-0.39, 0.29) is 18.2 Å². The molecule has 4 heteroatoms. The van der Waals surface area contributed by atoms with Crippen LogP contribution in [0.15, 0.2) is 30.3 Å².